The fourth-order valence-electron chi connectivity index (χ4n) is 2.91. The minimum Gasteiger partial charge on any atom is -0.393 e. The molecule has 3 aliphatic rings. The summed E-state index contributed by atoms with van der Waals surface area (Å²) in [5, 5.41) is 44.9. The first-order valence-corrected chi connectivity index (χ1v) is 9.10. The number of fused-ring (bicyclic) bond motifs is 5. The molecule has 0 aromatic carbocycles. The molecule has 0 radical (unpaired) electrons. The lowest BCUT2D eigenvalue weighted by Gasteiger charge is -2.51. The van der Waals surface area contributed by atoms with Gasteiger partial charge in [0, 0.05) is 24.0 Å². The average molecular weight is 379 g/mol. The topological polar surface area (TPSA) is 174 Å². The van der Waals surface area contributed by atoms with Crippen molar-refractivity contribution in [1.82, 2.24) is 10.6 Å². The number of carbonyl (C=O) groups excluding carboxylic acids is 2. The summed E-state index contributed by atoms with van der Waals surface area (Å²) in [6.45, 7) is 0.616. The molecule has 2 amide bonds. The van der Waals surface area contributed by atoms with Crippen molar-refractivity contribution in [1.29, 1.82) is 0 Å². The number of carbonyl (C=O) groups is 2. The van der Waals surface area contributed by atoms with Gasteiger partial charge in [0.05, 0.1) is 13.2 Å². The molecular formula is C14H25N3O7S. The quantitative estimate of drug-likeness (QED) is 0.221. The van der Waals surface area contributed by atoms with Crippen LogP contribution in [-0.4, -0.2) is 86.7 Å². The molecule has 0 aromatic rings. The lowest BCUT2D eigenvalue weighted by atomic mass is 9.83. The highest BCUT2D eigenvalue weighted by molar-refractivity contribution is 7.99. The number of rotatable bonds is 7. The molecule has 2 bridgehead atoms. The Kier molecular flexibility index (Phi) is 5.99. The third-order valence-corrected chi connectivity index (χ3v) is 5.71. The maximum atomic E-state index is 12.6. The predicted molar refractivity (Wildman–Crippen MR) is 88.1 cm³/mol. The van der Waals surface area contributed by atoms with E-state index in [-0.39, 0.29) is 13.0 Å². The molecule has 144 valence electrons. The second-order valence-corrected chi connectivity index (χ2v) is 7.68. The van der Waals surface area contributed by atoms with Crippen molar-refractivity contribution in [2.45, 2.75) is 36.5 Å². The fraction of sp³-hybridized carbons (Fsp3) is 0.857. The summed E-state index contributed by atoms with van der Waals surface area (Å²) >= 11 is 1.43. The Labute approximate surface area is 149 Å². The molecule has 3 saturated heterocycles. The number of nitrogens with one attached hydrogen (secondary N) is 2. The SMILES string of the molecule is C[C@](O)(CO)[C@H](O)[C@@]12NC(=O)[C@@](O)(NC1=O)C(CSCCN)CCO2. The molecule has 0 aromatic heterocycles. The molecule has 10 nitrogen and oxygen atoms in total. The molecule has 0 saturated carbocycles. The lowest BCUT2D eigenvalue weighted by Crippen LogP contribution is -2.83. The first-order valence-electron chi connectivity index (χ1n) is 7.94. The van der Waals surface area contributed by atoms with Gasteiger partial charge < -0.3 is 41.5 Å². The van der Waals surface area contributed by atoms with Crippen molar-refractivity contribution in [3.63, 3.8) is 0 Å². The summed E-state index contributed by atoms with van der Waals surface area (Å²) in [5.41, 5.74) is -1.14. The van der Waals surface area contributed by atoms with Crippen LogP contribution in [0.2, 0.25) is 0 Å². The smallest absolute Gasteiger partial charge is 0.278 e. The molecule has 0 aliphatic carbocycles. The molecule has 8 N–H and O–H groups in total. The van der Waals surface area contributed by atoms with Gasteiger partial charge in [0.15, 0.2) is 0 Å². The summed E-state index contributed by atoms with van der Waals surface area (Å²) in [4.78, 5) is 25.1. The van der Waals surface area contributed by atoms with Crippen LogP contribution in [-0.2, 0) is 14.3 Å². The van der Waals surface area contributed by atoms with Gasteiger partial charge >= 0.3 is 0 Å². The zero-order valence-corrected chi connectivity index (χ0v) is 14.7. The van der Waals surface area contributed by atoms with Crippen molar-refractivity contribution in [3.8, 4) is 0 Å². The summed E-state index contributed by atoms with van der Waals surface area (Å²) in [7, 11) is 0. The number of thioether (sulfide) groups is 1. The number of aliphatic hydroxyl groups is 4. The molecule has 5 atom stereocenters. The van der Waals surface area contributed by atoms with Crippen molar-refractivity contribution >= 4 is 23.6 Å². The average Bonchev–Trinajstić information content (AvgIpc) is 2.56. The summed E-state index contributed by atoms with van der Waals surface area (Å²) in [6, 6.07) is 0. The number of aliphatic hydroxyl groups excluding tert-OH is 2. The van der Waals surface area contributed by atoms with Gasteiger partial charge in [-0.1, -0.05) is 0 Å². The third-order valence-electron chi connectivity index (χ3n) is 4.55. The Morgan fingerprint density at radius 2 is 2.12 bits per heavy atom. The minimum atomic E-state index is -2.30. The van der Waals surface area contributed by atoms with Crippen molar-refractivity contribution in [3.05, 3.63) is 0 Å². The van der Waals surface area contributed by atoms with Gasteiger partial charge in [-0.15, -0.1) is 0 Å². The van der Waals surface area contributed by atoms with E-state index in [1.54, 1.807) is 0 Å². The van der Waals surface area contributed by atoms with Crippen LogP contribution in [0.5, 0.6) is 0 Å². The van der Waals surface area contributed by atoms with Crippen molar-refractivity contribution in [2.24, 2.45) is 11.7 Å². The molecule has 3 aliphatic heterocycles. The highest BCUT2D eigenvalue weighted by atomic mass is 32.2. The van der Waals surface area contributed by atoms with E-state index in [0.29, 0.717) is 18.1 Å². The van der Waals surface area contributed by atoms with E-state index in [1.807, 2.05) is 0 Å². The number of piperazine rings is 1. The van der Waals surface area contributed by atoms with Gasteiger partial charge in [0.25, 0.3) is 17.5 Å². The van der Waals surface area contributed by atoms with Crippen LogP contribution in [0.25, 0.3) is 0 Å². The Hall–Kier alpha value is -0.950. The molecule has 25 heavy (non-hydrogen) atoms. The van der Waals surface area contributed by atoms with Crippen LogP contribution in [0, 0.1) is 5.92 Å². The van der Waals surface area contributed by atoms with E-state index >= 15 is 0 Å². The number of hydrogen-bond donors (Lipinski definition) is 7. The van der Waals surface area contributed by atoms with Crippen LogP contribution in [0.15, 0.2) is 0 Å². The number of hydrogen-bond acceptors (Lipinski definition) is 9. The molecule has 3 heterocycles. The van der Waals surface area contributed by atoms with Gasteiger partial charge in [-0.05, 0) is 13.3 Å². The Morgan fingerprint density at radius 3 is 2.72 bits per heavy atom. The maximum Gasteiger partial charge on any atom is 0.278 e. The van der Waals surface area contributed by atoms with Gasteiger partial charge in [0.2, 0.25) is 5.72 Å². The highest BCUT2D eigenvalue weighted by Crippen LogP contribution is 2.35. The first-order chi connectivity index (χ1) is 11.6. The highest BCUT2D eigenvalue weighted by Gasteiger charge is 2.64. The molecule has 3 fully saturated rings. The van der Waals surface area contributed by atoms with Crippen LogP contribution in [0.1, 0.15) is 13.3 Å². The normalized spacial score (nSPS) is 36.0. The van der Waals surface area contributed by atoms with E-state index in [1.165, 1.54) is 11.8 Å². The Balaban J connectivity index is 2.30. The molecule has 3 rings (SSSR count). The summed E-state index contributed by atoms with van der Waals surface area (Å²) < 4.78 is 5.46. The first kappa shape index (κ1) is 20.4. The number of ether oxygens (including phenoxy) is 1. The zero-order valence-electron chi connectivity index (χ0n) is 13.9. The fourth-order valence-corrected chi connectivity index (χ4v) is 3.94. The van der Waals surface area contributed by atoms with Crippen LogP contribution in [0.3, 0.4) is 0 Å². The summed E-state index contributed by atoms with van der Waals surface area (Å²) in [6.07, 6.45) is -1.72. The minimum absolute atomic E-state index is 0.0531. The van der Waals surface area contributed by atoms with Gasteiger partial charge in [-0.25, -0.2) is 0 Å². The van der Waals surface area contributed by atoms with Crippen molar-refractivity contribution in [2.75, 3.05) is 31.3 Å². The molecular weight excluding hydrogens is 354 g/mol. The number of nitrogens with two attached hydrogens (primary N) is 1. The van der Waals surface area contributed by atoms with Gasteiger partial charge in [-0.3, -0.25) is 9.59 Å². The van der Waals surface area contributed by atoms with E-state index in [4.69, 9.17) is 10.5 Å². The number of amides is 2. The van der Waals surface area contributed by atoms with Crippen molar-refractivity contribution < 1.29 is 34.8 Å². The van der Waals surface area contributed by atoms with E-state index in [2.05, 4.69) is 10.6 Å². The van der Waals surface area contributed by atoms with E-state index in [9.17, 15) is 30.0 Å². The van der Waals surface area contributed by atoms with Crippen LogP contribution < -0.4 is 16.4 Å². The monoisotopic (exact) mass is 379 g/mol. The lowest BCUT2D eigenvalue weighted by molar-refractivity contribution is -0.240. The third kappa shape index (κ3) is 3.50. The largest absolute Gasteiger partial charge is 0.393 e. The molecule has 1 unspecified atom stereocenters. The predicted octanol–water partition coefficient (Wildman–Crippen LogP) is -3.55. The Morgan fingerprint density at radius 1 is 1.44 bits per heavy atom. The van der Waals surface area contributed by atoms with Crippen LogP contribution >= 0.6 is 11.8 Å². The second-order valence-electron chi connectivity index (χ2n) is 6.53. The Bertz CT molecular complexity index is 535. The van der Waals surface area contributed by atoms with E-state index < -0.39 is 47.5 Å². The van der Waals surface area contributed by atoms with Gasteiger partial charge in [0.1, 0.15) is 11.7 Å². The molecule has 11 heteroatoms. The van der Waals surface area contributed by atoms with Crippen LogP contribution in [0.4, 0.5) is 0 Å². The second kappa shape index (κ2) is 7.35. The standard InChI is InChI=1S/C14H25N3O7S/c1-12(22,7-18)9(19)14-11(21)16-13(23,10(20)17-14)8(2-4-24-14)6-25-5-3-15/h8-9,18-19,22-23H,2-7,15H2,1H3,(H,16,21)(H,17,20)/t8?,9-,12-,13+,14-/m0/s1. The zero-order chi connectivity index (χ0) is 18.9. The maximum absolute atomic E-state index is 12.6. The molecule has 0 spiro atoms. The van der Waals surface area contributed by atoms with Gasteiger partial charge in [-0.2, -0.15) is 11.8 Å². The summed E-state index contributed by atoms with van der Waals surface area (Å²) in [5.74, 6) is -1.57. The van der Waals surface area contributed by atoms with E-state index in [0.717, 1.165) is 6.92 Å².